The van der Waals surface area contributed by atoms with E-state index >= 15 is 0 Å². The Morgan fingerprint density at radius 1 is 1.06 bits per heavy atom. The van der Waals surface area contributed by atoms with Crippen molar-refractivity contribution in [3.63, 3.8) is 0 Å². The second-order valence-electron chi connectivity index (χ2n) is 10.8. The van der Waals surface area contributed by atoms with Crippen molar-refractivity contribution in [3.8, 4) is 5.75 Å². The number of alkyl carbamates (subject to hydrolysis) is 1. The minimum Gasteiger partial charge on any atom is -0.488 e. The lowest BCUT2D eigenvalue weighted by atomic mass is 10.00. The molecular formula is C24H41NO5Si. The van der Waals surface area contributed by atoms with Gasteiger partial charge in [-0.2, -0.15) is 0 Å². The van der Waals surface area contributed by atoms with Crippen molar-refractivity contribution < 1.29 is 23.5 Å². The number of carbonyl (C=O) groups excluding carboxylic acids is 2. The highest BCUT2D eigenvalue weighted by molar-refractivity contribution is 6.74. The lowest BCUT2D eigenvalue weighted by Crippen LogP contribution is -2.54. The number of benzene rings is 1. The third kappa shape index (κ3) is 9.03. The third-order valence-corrected chi connectivity index (χ3v) is 9.97. The van der Waals surface area contributed by atoms with Gasteiger partial charge in [-0.15, -0.1) is 0 Å². The van der Waals surface area contributed by atoms with Gasteiger partial charge >= 0.3 is 6.09 Å². The predicted molar refractivity (Wildman–Crippen MR) is 127 cm³/mol. The van der Waals surface area contributed by atoms with Crippen LogP contribution in [0.1, 0.15) is 65.7 Å². The van der Waals surface area contributed by atoms with Crippen molar-refractivity contribution in [2.45, 2.75) is 91.3 Å². The van der Waals surface area contributed by atoms with Crippen LogP contribution in [0.25, 0.3) is 0 Å². The first-order valence-electron chi connectivity index (χ1n) is 10.9. The molecule has 0 unspecified atom stereocenters. The summed E-state index contributed by atoms with van der Waals surface area (Å²) in [7, 11) is -2.04. The normalized spacial score (nSPS) is 14.7. The van der Waals surface area contributed by atoms with E-state index in [2.05, 4.69) is 39.2 Å². The van der Waals surface area contributed by atoms with Gasteiger partial charge in [0.1, 0.15) is 23.7 Å². The average Bonchev–Trinajstić information content (AvgIpc) is 2.61. The second-order valence-corrected chi connectivity index (χ2v) is 15.6. The Kier molecular flexibility index (Phi) is 9.32. The van der Waals surface area contributed by atoms with E-state index in [0.717, 1.165) is 6.29 Å². The smallest absolute Gasteiger partial charge is 0.408 e. The van der Waals surface area contributed by atoms with Crippen LogP contribution in [0.2, 0.25) is 18.1 Å². The molecule has 31 heavy (non-hydrogen) atoms. The van der Waals surface area contributed by atoms with Gasteiger partial charge in [0.2, 0.25) is 0 Å². The minimum atomic E-state index is -2.04. The molecule has 0 aliphatic carbocycles. The van der Waals surface area contributed by atoms with Crippen LogP contribution >= 0.6 is 0 Å². The van der Waals surface area contributed by atoms with Gasteiger partial charge in [0.05, 0.1) is 12.6 Å². The van der Waals surface area contributed by atoms with Crippen LogP contribution in [0.15, 0.2) is 24.3 Å². The molecule has 1 rings (SSSR count). The lowest BCUT2D eigenvalue weighted by molar-refractivity contribution is 0.0331. The molecule has 7 heteroatoms. The lowest BCUT2D eigenvalue weighted by Gasteiger charge is -2.39. The van der Waals surface area contributed by atoms with E-state index in [1.165, 1.54) is 0 Å². The maximum atomic E-state index is 12.6. The Hall–Kier alpha value is -1.86. The van der Waals surface area contributed by atoms with Crippen molar-refractivity contribution in [3.05, 3.63) is 29.8 Å². The van der Waals surface area contributed by atoms with Crippen molar-refractivity contribution in [2.24, 2.45) is 5.92 Å². The number of amides is 1. The van der Waals surface area contributed by atoms with Crippen molar-refractivity contribution in [2.75, 3.05) is 6.61 Å². The Bertz CT molecular complexity index is 717. The van der Waals surface area contributed by atoms with Gasteiger partial charge in [0.15, 0.2) is 8.32 Å². The van der Waals surface area contributed by atoms with Crippen LogP contribution in [0, 0.1) is 5.92 Å². The molecule has 2 atom stereocenters. The van der Waals surface area contributed by atoms with E-state index in [4.69, 9.17) is 13.9 Å². The highest BCUT2D eigenvalue weighted by Gasteiger charge is 2.39. The maximum Gasteiger partial charge on any atom is 0.408 e. The van der Waals surface area contributed by atoms with Crippen LogP contribution in [0.5, 0.6) is 5.75 Å². The average molecular weight is 452 g/mol. The topological polar surface area (TPSA) is 73.9 Å². The predicted octanol–water partition coefficient (Wildman–Crippen LogP) is 5.82. The van der Waals surface area contributed by atoms with Gasteiger partial charge in [-0.1, -0.05) is 34.6 Å². The van der Waals surface area contributed by atoms with Crippen LogP contribution in [0.4, 0.5) is 4.79 Å². The number of ether oxygens (including phenoxy) is 2. The molecule has 0 heterocycles. The fourth-order valence-corrected chi connectivity index (χ4v) is 3.69. The molecule has 0 aliphatic rings. The number of hydrogen-bond acceptors (Lipinski definition) is 5. The van der Waals surface area contributed by atoms with E-state index in [-0.39, 0.29) is 17.1 Å². The molecule has 0 bridgehead atoms. The highest BCUT2D eigenvalue weighted by atomic mass is 28.4. The molecule has 0 aromatic heterocycles. The Morgan fingerprint density at radius 3 is 2.03 bits per heavy atom. The van der Waals surface area contributed by atoms with Crippen LogP contribution in [-0.4, -0.2) is 45.1 Å². The summed E-state index contributed by atoms with van der Waals surface area (Å²) in [5, 5.41) is 3.02. The van der Waals surface area contributed by atoms with Gasteiger partial charge in [-0.3, -0.25) is 4.79 Å². The summed E-state index contributed by atoms with van der Waals surface area (Å²) < 4.78 is 18.2. The zero-order valence-electron chi connectivity index (χ0n) is 20.9. The molecule has 0 radical (unpaired) electrons. The molecule has 176 valence electrons. The number of aldehydes is 1. The number of nitrogens with one attached hydrogen (secondary N) is 1. The third-order valence-electron chi connectivity index (χ3n) is 5.47. The van der Waals surface area contributed by atoms with Crippen LogP contribution in [-0.2, 0) is 9.16 Å². The molecule has 0 fully saturated rings. The first-order chi connectivity index (χ1) is 14.1. The zero-order valence-corrected chi connectivity index (χ0v) is 21.9. The fraction of sp³-hybridized carbons (Fsp3) is 0.667. The van der Waals surface area contributed by atoms with Gasteiger partial charge in [0, 0.05) is 5.56 Å². The summed E-state index contributed by atoms with van der Waals surface area (Å²) in [5.74, 6) is 0.723. The van der Waals surface area contributed by atoms with Crippen molar-refractivity contribution in [1.82, 2.24) is 5.32 Å². The first-order valence-corrected chi connectivity index (χ1v) is 13.8. The summed E-state index contributed by atoms with van der Waals surface area (Å²) in [6.45, 7) is 20.8. The molecule has 6 nitrogen and oxygen atoms in total. The van der Waals surface area contributed by atoms with Crippen molar-refractivity contribution in [1.29, 1.82) is 0 Å². The first kappa shape index (κ1) is 27.2. The standard InChI is InChI=1S/C24H41NO5Si/c1-17(2)21(29-19-13-11-18(15-26)12-14-19)20(25-22(27)30-23(3,4)5)16-28-31(9,10)24(6,7)8/h11-15,17,20-21H,16H2,1-10H3,(H,25,27)/t20-,21+/m1/s1. The number of rotatable bonds is 9. The minimum absolute atomic E-state index is 0.0440. The Balaban J connectivity index is 3.12. The molecule has 0 spiro atoms. The second kappa shape index (κ2) is 10.6. The summed E-state index contributed by atoms with van der Waals surface area (Å²) in [4.78, 5) is 23.5. The Morgan fingerprint density at radius 2 is 1.61 bits per heavy atom. The van der Waals surface area contributed by atoms with Gasteiger partial charge in [-0.05, 0) is 69.1 Å². The van der Waals surface area contributed by atoms with Crippen LogP contribution < -0.4 is 10.1 Å². The summed E-state index contributed by atoms with van der Waals surface area (Å²) >= 11 is 0. The summed E-state index contributed by atoms with van der Waals surface area (Å²) in [6.07, 6.45) is -0.0508. The maximum absolute atomic E-state index is 12.6. The summed E-state index contributed by atoms with van der Waals surface area (Å²) in [6, 6.07) is 6.54. The van der Waals surface area contributed by atoms with Crippen molar-refractivity contribution >= 4 is 20.7 Å². The number of carbonyl (C=O) groups is 2. The molecule has 1 aromatic carbocycles. The molecule has 1 aromatic rings. The Labute approximate surface area is 189 Å². The number of hydrogen-bond donors (Lipinski definition) is 1. The van der Waals surface area contributed by atoms with E-state index < -0.39 is 26.1 Å². The highest BCUT2D eigenvalue weighted by Crippen LogP contribution is 2.36. The molecular weight excluding hydrogens is 410 g/mol. The zero-order chi connectivity index (χ0) is 24.0. The SMILES string of the molecule is CC(C)[C@H](Oc1ccc(C=O)cc1)[C@@H](CO[Si](C)(C)C(C)(C)C)NC(=O)OC(C)(C)C. The monoisotopic (exact) mass is 451 g/mol. The molecule has 0 aliphatic heterocycles. The van der Waals surface area contributed by atoms with Gasteiger partial charge < -0.3 is 19.2 Å². The quantitative estimate of drug-likeness (QED) is 0.378. The molecule has 0 saturated carbocycles. The molecule has 1 amide bonds. The van der Waals surface area contributed by atoms with E-state index in [1.54, 1.807) is 24.3 Å². The van der Waals surface area contributed by atoms with Gasteiger partial charge in [-0.25, -0.2) is 4.79 Å². The van der Waals surface area contributed by atoms with E-state index in [1.807, 2.05) is 34.6 Å². The van der Waals surface area contributed by atoms with E-state index in [9.17, 15) is 9.59 Å². The molecule has 0 saturated heterocycles. The van der Waals surface area contributed by atoms with E-state index in [0.29, 0.717) is 17.9 Å². The fourth-order valence-electron chi connectivity index (χ4n) is 2.66. The molecule has 1 N–H and O–H groups in total. The largest absolute Gasteiger partial charge is 0.488 e. The summed E-state index contributed by atoms with van der Waals surface area (Å²) in [5.41, 5.74) is -0.0218. The van der Waals surface area contributed by atoms with Crippen LogP contribution in [0.3, 0.4) is 0 Å². The van der Waals surface area contributed by atoms with Gasteiger partial charge in [0.25, 0.3) is 0 Å².